The van der Waals surface area contributed by atoms with Crippen molar-refractivity contribution < 1.29 is 42.3 Å². The quantitative estimate of drug-likeness (QED) is 0.0233. The number of nitrogens with one attached hydrogen (secondary N) is 3. The lowest BCUT2D eigenvalue weighted by molar-refractivity contribution is -0.161. The first-order valence-electron chi connectivity index (χ1n) is 25.3. The smallest absolute Gasteiger partial charge is 0.327 e. The van der Waals surface area contributed by atoms with E-state index in [1.165, 1.54) is 135 Å². The van der Waals surface area contributed by atoms with E-state index < -0.39 is 19.7 Å². The van der Waals surface area contributed by atoms with Crippen LogP contribution < -0.4 is 16.0 Å². The number of carbonyl (C=O) groups is 4. The van der Waals surface area contributed by atoms with Gasteiger partial charge in [0, 0.05) is 43.5 Å². The van der Waals surface area contributed by atoms with Gasteiger partial charge in [-0.15, -0.1) is 0 Å². The first kappa shape index (κ1) is 56.3. The number of amides is 3. The SMILES string of the molecule is CCCCCCCCCCCCCCCC(=O)OCC(COP(C)(=O)OCCNC(=O)CCCCC1SC[C@@H]2NC(=O)N[C@H]12)OC(=O)CCCCCCCCCCCCCCC. The van der Waals surface area contributed by atoms with Crippen LogP contribution in [0.4, 0.5) is 4.79 Å². The zero-order valence-corrected chi connectivity index (χ0v) is 41.2. The summed E-state index contributed by atoms with van der Waals surface area (Å²) in [6.07, 6.45) is 34.3. The molecule has 0 aromatic rings. The van der Waals surface area contributed by atoms with Crippen molar-refractivity contribution in [1.29, 1.82) is 0 Å². The van der Waals surface area contributed by atoms with Gasteiger partial charge in [0.15, 0.2) is 6.10 Å². The van der Waals surface area contributed by atoms with Crippen LogP contribution in [0.3, 0.4) is 0 Å². The molecule has 3 amide bonds. The lowest BCUT2D eigenvalue weighted by Crippen LogP contribution is -2.36. The van der Waals surface area contributed by atoms with Gasteiger partial charge in [-0.3, -0.25) is 18.9 Å². The molecular weight excluding hydrogens is 826 g/mol. The van der Waals surface area contributed by atoms with Crippen LogP contribution in [0.2, 0.25) is 0 Å². The molecule has 2 saturated heterocycles. The number of fused-ring (bicyclic) bond motifs is 1. The van der Waals surface area contributed by atoms with E-state index in [-0.39, 0.29) is 62.8 Å². The minimum absolute atomic E-state index is 0.00832. The molecule has 2 heterocycles. The summed E-state index contributed by atoms with van der Waals surface area (Å²) in [7, 11) is -3.56. The Morgan fingerprint density at radius 2 is 1.13 bits per heavy atom. The topological polar surface area (TPSA) is 158 Å². The third kappa shape index (κ3) is 30.3. The molecule has 3 unspecified atom stereocenters. The molecule has 2 aliphatic heterocycles. The molecule has 362 valence electrons. The number of hydrogen-bond acceptors (Lipinski definition) is 10. The average Bonchev–Trinajstić information content (AvgIpc) is 3.81. The molecule has 0 aliphatic carbocycles. The van der Waals surface area contributed by atoms with Crippen LogP contribution >= 0.6 is 19.4 Å². The van der Waals surface area contributed by atoms with Gasteiger partial charge in [0.25, 0.3) is 0 Å². The normalized spacial score (nSPS) is 18.4. The number of carbonyl (C=O) groups excluding carboxylic acids is 4. The van der Waals surface area contributed by atoms with Crippen molar-refractivity contribution in [2.75, 3.05) is 38.8 Å². The van der Waals surface area contributed by atoms with Crippen LogP contribution in [0.25, 0.3) is 0 Å². The third-order valence-corrected chi connectivity index (χ3v) is 14.8. The molecule has 3 N–H and O–H groups in total. The maximum absolute atomic E-state index is 13.1. The Hall–Kier alpha value is -1.82. The maximum atomic E-state index is 13.1. The number of esters is 2. The van der Waals surface area contributed by atoms with Crippen molar-refractivity contribution in [3.63, 3.8) is 0 Å². The summed E-state index contributed by atoms with van der Waals surface area (Å²) in [6.45, 7) is 5.60. The maximum Gasteiger partial charge on any atom is 0.327 e. The zero-order chi connectivity index (χ0) is 44.9. The Kier molecular flexibility index (Phi) is 34.0. The van der Waals surface area contributed by atoms with Gasteiger partial charge in [-0.1, -0.05) is 174 Å². The van der Waals surface area contributed by atoms with E-state index in [1.807, 2.05) is 11.8 Å². The second-order valence-corrected chi connectivity index (χ2v) is 21.2. The van der Waals surface area contributed by atoms with Gasteiger partial charge in [-0.2, -0.15) is 11.8 Å². The second-order valence-electron chi connectivity index (χ2n) is 17.9. The number of unbranched alkanes of at least 4 members (excludes halogenated alkanes) is 25. The van der Waals surface area contributed by atoms with E-state index in [4.69, 9.17) is 18.5 Å². The highest BCUT2D eigenvalue weighted by atomic mass is 32.2. The number of urea groups is 1. The molecule has 14 heteroatoms. The van der Waals surface area contributed by atoms with Crippen molar-refractivity contribution in [2.45, 2.75) is 243 Å². The molecule has 2 aliphatic rings. The standard InChI is InChI=1S/C48H90N3O9PS/c1-4-6-8-10-12-14-16-18-20-22-24-26-28-34-45(53)57-38-41(60-46(54)35-29-27-25-23-21-19-17-15-13-11-9-7-5-2)39-59-61(3,56)58-37-36-49-44(52)33-31-30-32-43-47-42(40-62-43)50-48(55)51-47/h41-43,47H,4-40H2,1-3H3,(H,49,52)(H2,50,51,55)/t41?,42-,43?,47-,61?/m0/s1. The number of rotatable bonds is 43. The molecular formula is C48H90N3O9PS. The highest BCUT2D eigenvalue weighted by molar-refractivity contribution is 8.00. The molecule has 0 aromatic heterocycles. The van der Waals surface area contributed by atoms with Crippen molar-refractivity contribution in [3.05, 3.63) is 0 Å². The summed E-state index contributed by atoms with van der Waals surface area (Å²) in [5, 5.41) is 9.12. The van der Waals surface area contributed by atoms with Gasteiger partial charge in [-0.25, -0.2) is 4.79 Å². The summed E-state index contributed by atoms with van der Waals surface area (Å²) in [5.74, 6) is 0.0716. The molecule has 5 atom stereocenters. The van der Waals surface area contributed by atoms with Crippen molar-refractivity contribution in [1.82, 2.24) is 16.0 Å². The van der Waals surface area contributed by atoms with Crippen molar-refractivity contribution >= 4 is 43.2 Å². The summed E-state index contributed by atoms with van der Waals surface area (Å²) in [4.78, 5) is 49.5. The van der Waals surface area contributed by atoms with Crippen LogP contribution in [0, 0.1) is 0 Å². The lowest BCUT2D eigenvalue weighted by Gasteiger charge is -2.21. The number of hydrogen-bond donors (Lipinski definition) is 3. The fourth-order valence-electron chi connectivity index (χ4n) is 8.21. The van der Waals surface area contributed by atoms with E-state index in [0.717, 1.165) is 63.5 Å². The first-order valence-corrected chi connectivity index (χ1v) is 28.3. The summed E-state index contributed by atoms with van der Waals surface area (Å²) in [5.41, 5.74) is 0. The van der Waals surface area contributed by atoms with E-state index in [0.29, 0.717) is 18.1 Å². The number of thioether (sulfide) groups is 1. The summed E-state index contributed by atoms with van der Waals surface area (Å²) in [6, 6.07) is 0.263. The molecule has 0 spiro atoms. The Balaban J connectivity index is 1.64. The molecule has 0 bridgehead atoms. The van der Waals surface area contributed by atoms with Gasteiger partial charge < -0.3 is 34.5 Å². The highest BCUT2D eigenvalue weighted by Crippen LogP contribution is 2.43. The highest BCUT2D eigenvalue weighted by Gasteiger charge is 2.42. The van der Waals surface area contributed by atoms with Gasteiger partial charge in [0.2, 0.25) is 5.91 Å². The fraction of sp³-hybridized carbons (Fsp3) is 0.917. The van der Waals surface area contributed by atoms with Crippen molar-refractivity contribution in [3.8, 4) is 0 Å². The third-order valence-electron chi connectivity index (χ3n) is 12.0. The molecule has 0 saturated carbocycles. The van der Waals surface area contributed by atoms with Crippen LogP contribution in [-0.2, 0) is 37.5 Å². The molecule has 62 heavy (non-hydrogen) atoms. The number of ether oxygens (including phenoxy) is 2. The van der Waals surface area contributed by atoms with Crippen LogP contribution in [0.1, 0.15) is 219 Å². The molecule has 2 fully saturated rings. The Labute approximate surface area is 381 Å². The predicted molar refractivity (Wildman–Crippen MR) is 254 cm³/mol. The minimum atomic E-state index is -3.56. The molecule has 2 rings (SSSR count). The average molecular weight is 916 g/mol. The van der Waals surface area contributed by atoms with Crippen LogP contribution in [0.5, 0.6) is 0 Å². The van der Waals surface area contributed by atoms with E-state index in [1.54, 1.807) is 0 Å². The monoisotopic (exact) mass is 916 g/mol. The van der Waals surface area contributed by atoms with Crippen molar-refractivity contribution in [2.24, 2.45) is 0 Å². The Morgan fingerprint density at radius 3 is 1.66 bits per heavy atom. The summed E-state index contributed by atoms with van der Waals surface area (Å²) >= 11 is 1.86. The lowest BCUT2D eigenvalue weighted by atomic mass is 10.0. The van der Waals surface area contributed by atoms with Gasteiger partial charge in [-0.05, 0) is 25.7 Å². The minimum Gasteiger partial charge on any atom is -0.462 e. The van der Waals surface area contributed by atoms with Gasteiger partial charge in [0.1, 0.15) is 6.61 Å². The second kappa shape index (κ2) is 37.4. The van der Waals surface area contributed by atoms with Crippen LogP contribution in [0.15, 0.2) is 0 Å². The van der Waals surface area contributed by atoms with E-state index in [2.05, 4.69) is 29.8 Å². The largest absolute Gasteiger partial charge is 0.462 e. The fourth-order valence-corrected chi connectivity index (χ4v) is 10.7. The van der Waals surface area contributed by atoms with Crippen LogP contribution in [-0.4, -0.2) is 86.1 Å². The summed E-state index contributed by atoms with van der Waals surface area (Å²) < 4.78 is 35.5. The molecule has 0 aromatic carbocycles. The van der Waals surface area contributed by atoms with E-state index in [9.17, 15) is 23.7 Å². The van der Waals surface area contributed by atoms with Gasteiger partial charge in [0.05, 0.1) is 25.3 Å². The Bertz CT molecular complexity index is 1230. The zero-order valence-electron chi connectivity index (χ0n) is 39.5. The predicted octanol–water partition coefficient (Wildman–Crippen LogP) is 12.1. The van der Waals surface area contributed by atoms with E-state index >= 15 is 0 Å². The molecule has 12 nitrogen and oxygen atoms in total. The molecule has 0 radical (unpaired) electrons. The Morgan fingerprint density at radius 1 is 0.645 bits per heavy atom. The first-order chi connectivity index (χ1) is 30.1. The van der Waals surface area contributed by atoms with Gasteiger partial charge >= 0.3 is 25.6 Å².